The maximum atomic E-state index is 5.90. The normalized spacial score (nSPS) is 15.1. The number of para-hydroxylation sites is 1. The molecular weight excluding hydrogens is 292 g/mol. The molecule has 18 heavy (non-hydrogen) atoms. The maximum absolute atomic E-state index is 5.90. The van der Waals surface area contributed by atoms with Crippen LogP contribution < -0.4 is 10.1 Å². The van der Waals surface area contributed by atoms with Gasteiger partial charge in [-0.2, -0.15) is 0 Å². The predicted octanol–water partition coefficient (Wildman–Crippen LogP) is 2.64. The van der Waals surface area contributed by atoms with Gasteiger partial charge in [0, 0.05) is 24.7 Å². The Morgan fingerprint density at radius 1 is 1.39 bits per heavy atom. The molecular formula is C14H21BrN2O. The first-order chi connectivity index (χ1) is 8.66. The van der Waals surface area contributed by atoms with Gasteiger partial charge < -0.3 is 15.0 Å². The zero-order valence-electron chi connectivity index (χ0n) is 11.1. The second-order valence-electron chi connectivity index (χ2n) is 5.03. The predicted molar refractivity (Wildman–Crippen MR) is 78.1 cm³/mol. The minimum atomic E-state index is 0.714. The van der Waals surface area contributed by atoms with Gasteiger partial charge in [0.2, 0.25) is 0 Å². The summed E-state index contributed by atoms with van der Waals surface area (Å²) in [6.07, 6.45) is 2.62. The molecule has 0 heterocycles. The van der Waals surface area contributed by atoms with Crippen molar-refractivity contribution in [3.63, 3.8) is 0 Å². The first kappa shape index (κ1) is 13.8. The second kappa shape index (κ2) is 6.55. The molecule has 0 unspecified atom stereocenters. The number of hydrogen-bond donors (Lipinski definition) is 1. The van der Waals surface area contributed by atoms with Crippen LogP contribution >= 0.6 is 15.9 Å². The van der Waals surface area contributed by atoms with Crippen molar-refractivity contribution in [3.05, 3.63) is 28.2 Å². The summed E-state index contributed by atoms with van der Waals surface area (Å²) in [5.74, 6) is 0.979. The molecule has 1 aliphatic carbocycles. The highest BCUT2D eigenvalue weighted by Gasteiger charge is 2.20. The molecule has 0 atom stereocenters. The lowest BCUT2D eigenvalue weighted by molar-refractivity contribution is 0.258. The summed E-state index contributed by atoms with van der Waals surface area (Å²) < 4.78 is 6.94. The van der Waals surface area contributed by atoms with Gasteiger partial charge in [0.15, 0.2) is 0 Å². The summed E-state index contributed by atoms with van der Waals surface area (Å²) in [7, 11) is 4.11. The van der Waals surface area contributed by atoms with E-state index >= 15 is 0 Å². The van der Waals surface area contributed by atoms with Gasteiger partial charge in [-0.05, 0) is 48.9 Å². The van der Waals surface area contributed by atoms with Crippen LogP contribution in [-0.4, -0.2) is 38.2 Å². The number of ether oxygens (including phenoxy) is 1. The third-order valence-electron chi connectivity index (χ3n) is 2.99. The molecule has 0 bridgehead atoms. The van der Waals surface area contributed by atoms with Gasteiger partial charge in [-0.25, -0.2) is 0 Å². The molecule has 100 valence electrons. The van der Waals surface area contributed by atoms with Crippen LogP contribution in [0.25, 0.3) is 0 Å². The molecule has 1 saturated carbocycles. The molecule has 1 aromatic carbocycles. The van der Waals surface area contributed by atoms with Crippen LogP contribution in [0.5, 0.6) is 5.75 Å². The minimum absolute atomic E-state index is 0.714. The average Bonchev–Trinajstić information content (AvgIpc) is 3.12. The Bertz CT molecular complexity index is 391. The van der Waals surface area contributed by atoms with Gasteiger partial charge >= 0.3 is 0 Å². The second-order valence-corrected chi connectivity index (χ2v) is 5.89. The largest absolute Gasteiger partial charge is 0.491 e. The fourth-order valence-corrected chi connectivity index (χ4v) is 2.25. The van der Waals surface area contributed by atoms with Crippen LogP contribution in [0.4, 0.5) is 0 Å². The molecule has 3 nitrogen and oxygen atoms in total. The average molecular weight is 313 g/mol. The summed E-state index contributed by atoms with van der Waals surface area (Å²) in [5, 5.41) is 3.53. The van der Waals surface area contributed by atoms with E-state index in [9.17, 15) is 0 Å². The molecule has 0 aliphatic heterocycles. The van der Waals surface area contributed by atoms with E-state index in [1.165, 1.54) is 18.4 Å². The van der Waals surface area contributed by atoms with E-state index in [-0.39, 0.29) is 0 Å². The van der Waals surface area contributed by atoms with Crippen LogP contribution in [0.2, 0.25) is 0 Å². The summed E-state index contributed by atoms with van der Waals surface area (Å²) in [6.45, 7) is 2.53. The van der Waals surface area contributed by atoms with E-state index in [2.05, 4.69) is 52.4 Å². The Hall–Kier alpha value is -0.580. The van der Waals surface area contributed by atoms with Crippen molar-refractivity contribution in [2.75, 3.05) is 27.2 Å². The molecule has 4 heteroatoms. The molecule has 2 rings (SSSR count). The lowest BCUT2D eigenvalue weighted by atomic mass is 10.2. The van der Waals surface area contributed by atoms with Gasteiger partial charge in [-0.1, -0.05) is 12.1 Å². The molecule has 1 aromatic rings. The number of halogens is 1. The molecule has 0 spiro atoms. The number of likely N-dealkylation sites (N-methyl/N-ethyl adjacent to an activating group) is 1. The topological polar surface area (TPSA) is 24.5 Å². The number of nitrogens with zero attached hydrogens (tertiary/aromatic N) is 1. The third kappa shape index (κ3) is 4.26. The van der Waals surface area contributed by atoms with Gasteiger partial charge in [0.05, 0.1) is 4.47 Å². The highest BCUT2D eigenvalue weighted by molar-refractivity contribution is 9.10. The van der Waals surface area contributed by atoms with Crippen molar-refractivity contribution in [2.24, 2.45) is 0 Å². The molecule has 0 saturated heterocycles. The van der Waals surface area contributed by atoms with Gasteiger partial charge in [0.1, 0.15) is 12.4 Å². The highest BCUT2D eigenvalue weighted by atomic mass is 79.9. The Labute approximate surface area is 118 Å². The van der Waals surface area contributed by atoms with Crippen molar-refractivity contribution in [1.29, 1.82) is 0 Å². The summed E-state index contributed by atoms with van der Waals surface area (Å²) >= 11 is 3.57. The number of hydrogen-bond acceptors (Lipinski definition) is 3. The molecule has 0 amide bonds. The standard InChI is InChI=1S/C14H21BrN2O/c1-17(2)8-9-18-14-11(4-3-5-13(14)15)10-16-12-6-7-12/h3-5,12,16H,6-10H2,1-2H3. The summed E-state index contributed by atoms with van der Waals surface area (Å²) in [6, 6.07) is 6.95. The lowest BCUT2D eigenvalue weighted by Crippen LogP contribution is -2.21. The number of rotatable bonds is 7. The SMILES string of the molecule is CN(C)CCOc1c(Br)cccc1CNC1CC1. The minimum Gasteiger partial charge on any atom is -0.491 e. The fraction of sp³-hybridized carbons (Fsp3) is 0.571. The van der Waals surface area contributed by atoms with Crippen molar-refractivity contribution in [2.45, 2.75) is 25.4 Å². The monoisotopic (exact) mass is 312 g/mol. The van der Waals surface area contributed by atoms with Crippen molar-refractivity contribution in [3.8, 4) is 5.75 Å². The summed E-state index contributed by atoms with van der Waals surface area (Å²) in [5.41, 5.74) is 1.23. The van der Waals surface area contributed by atoms with E-state index < -0.39 is 0 Å². The van der Waals surface area contributed by atoms with Crippen molar-refractivity contribution in [1.82, 2.24) is 10.2 Å². The van der Waals surface area contributed by atoms with Crippen molar-refractivity contribution < 1.29 is 4.74 Å². The molecule has 1 aliphatic rings. The smallest absolute Gasteiger partial charge is 0.138 e. The van der Waals surface area contributed by atoms with Crippen molar-refractivity contribution >= 4 is 15.9 Å². The van der Waals surface area contributed by atoms with Crippen LogP contribution in [0.3, 0.4) is 0 Å². The van der Waals surface area contributed by atoms with E-state index in [1.54, 1.807) is 0 Å². The molecule has 0 aromatic heterocycles. The summed E-state index contributed by atoms with van der Waals surface area (Å²) in [4.78, 5) is 2.12. The van der Waals surface area contributed by atoms with Crippen LogP contribution in [0.1, 0.15) is 18.4 Å². The molecule has 0 radical (unpaired) electrons. The van der Waals surface area contributed by atoms with E-state index in [0.29, 0.717) is 6.61 Å². The first-order valence-electron chi connectivity index (χ1n) is 6.45. The lowest BCUT2D eigenvalue weighted by Gasteiger charge is -2.15. The van der Waals surface area contributed by atoms with Gasteiger partial charge in [0.25, 0.3) is 0 Å². The maximum Gasteiger partial charge on any atom is 0.138 e. The quantitative estimate of drug-likeness (QED) is 0.837. The Balaban J connectivity index is 1.95. The molecule has 1 fully saturated rings. The zero-order valence-corrected chi connectivity index (χ0v) is 12.7. The van der Waals surface area contributed by atoms with Crippen LogP contribution in [-0.2, 0) is 6.54 Å². The third-order valence-corrected chi connectivity index (χ3v) is 3.62. The van der Waals surface area contributed by atoms with Crippen LogP contribution in [0, 0.1) is 0 Å². The van der Waals surface area contributed by atoms with E-state index in [4.69, 9.17) is 4.74 Å². The van der Waals surface area contributed by atoms with E-state index in [0.717, 1.165) is 29.4 Å². The van der Waals surface area contributed by atoms with Gasteiger partial charge in [-0.3, -0.25) is 0 Å². The van der Waals surface area contributed by atoms with E-state index in [1.807, 2.05) is 6.07 Å². The first-order valence-corrected chi connectivity index (χ1v) is 7.24. The Kier molecular flexibility index (Phi) is 5.03. The number of nitrogens with one attached hydrogen (secondary N) is 1. The Morgan fingerprint density at radius 2 is 2.17 bits per heavy atom. The highest BCUT2D eigenvalue weighted by Crippen LogP contribution is 2.30. The zero-order chi connectivity index (χ0) is 13.0. The Morgan fingerprint density at radius 3 is 2.83 bits per heavy atom. The fourth-order valence-electron chi connectivity index (χ4n) is 1.73. The van der Waals surface area contributed by atoms with Gasteiger partial charge in [-0.15, -0.1) is 0 Å². The van der Waals surface area contributed by atoms with Crippen LogP contribution in [0.15, 0.2) is 22.7 Å². The number of benzene rings is 1. The molecule has 1 N–H and O–H groups in total.